The van der Waals surface area contributed by atoms with Gasteiger partial charge < -0.3 is 41.8 Å². The van der Waals surface area contributed by atoms with Crippen molar-refractivity contribution >= 4 is 68.3 Å². The summed E-state index contributed by atoms with van der Waals surface area (Å²) in [4.78, 5) is 51.9. The van der Waals surface area contributed by atoms with E-state index in [0.717, 1.165) is 27.9 Å². The van der Waals surface area contributed by atoms with Crippen LogP contribution in [0.3, 0.4) is 0 Å². The second kappa shape index (κ2) is 22.3. The van der Waals surface area contributed by atoms with Crippen LogP contribution in [0.1, 0.15) is 31.8 Å². The molecule has 0 fully saturated rings. The van der Waals surface area contributed by atoms with E-state index in [4.69, 9.17) is 52.3 Å². The van der Waals surface area contributed by atoms with Gasteiger partial charge in [-0.2, -0.15) is 26.3 Å². The molecule has 0 saturated heterocycles. The van der Waals surface area contributed by atoms with E-state index in [-0.39, 0.29) is 31.5 Å². The summed E-state index contributed by atoms with van der Waals surface area (Å²) < 4.78 is 75.4. The standard InChI is InChI=1S/C36H31ClN6O4S2.2C2HF3O2/c37-27-10-13-32(29(17-27)31-21-49-36(39)43-31)47-18-22-4-6-25(7-5-22)33(44)40-14-15-41-34(45)26-3-1-2-23(16-26)19-46-28-11-8-24(9-12-28)30-20-48-35(38)42-30;2*3-2(4,5)1(6)7/h1-13,16-17,20-21H,14-15,18-19H2,(H2,38,42)(H2,39,43)(H,40,44)(H,41,45);2*(H,6,7). The normalized spacial score (nSPS) is 10.9. The predicted molar refractivity (Wildman–Crippen MR) is 223 cm³/mol. The molecule has 14 nitrogen and oxygen atoms in total. The first-order chi connectivity index (χ1) is 29.7. The first kappa shape index (κ1) is 48.8. The molecular weight excluding hydrogens is 906 g/mol. The van der Waals surface area contributed by atoms with Crippen molar-refractivity contribution in [2.24, 2.45) is 0 Å². The zero-order chi connectivity index (χ0) is 46.3. The summed E-state index contributed by atoms with van der Waals surface area (Å²) in [5.74, 6) is -4.68. The number of alkyl halides is 6. The number of halogens is 7. The number of hydrogen-bond donors (Lipinski definition) is 6. The fourth-order valence-electron chi connectivity index (χ4n) is 4.82. The summed E-state index contributed by atoms with van der Waals surface area (Å²) in [6, 6.07) is 27.3. The Morgan fingerprint density at radius 2 is 1.17 bits per heavy atom. The maximum atomic E-state index is 12.8. The Morgan fingerprint density at radius 3 is 1.70 bits per heavy atom. The Labute approximate surface area is 366 Å². The molecule has 332 valence electrons. The number of carbonyl (C=O) groups excluding carboxylic acids is 2. The van der Waals surface area contributed by atoms with Crippen LogP contribution in [0.15, 0.2) is 102 Å². The van der Waals surface area contributed by atoms with Crippen molar-refractivity contribution in [3.63, 3.8) is 0 Å². The Bertz CT molecular complexity index is 2480. The minimum Gasteiger partial charge on any atom is -0.489 e. The molecule has 6 aromatic rings. The molecule has 2 amide bonds. The van der Waals surface area contributed by atoms with E-state index in [2.05, 4.69) is 20.6 Å². The van der Waals surface area contributed by atoms with Crippen molar-refractivity contribution in [2.45, 2.75) is 25.6 Å². The lowest BCUT2D eigenvalue weighted by atomic mass is 10.1. The molecule has 2 heterocycles. The molecule has 0 unspecified atom stereocenters. The predicted octanol–water partition coefficient (Wildman–Crippen LogP) is 8.34. The highest BCUT2D eigenvalue weighted by Crippen LogP contribution is 2.34. The van der Waals surface area contributed by atoms with Crippen molar-refractivity contribution in [1.82, 2.24) is 20.6 Å². The number of nitrogens with zero attached hydrogens (tertiary/aromatic N) is 2. The van der Waals surface area contributed by atoms with Crippen LogP contribution >= 0.6 is 34.3 Å². The smallest absolute Gasteiger partial charge is 0.489 e. The van der Waals surface area contributed by atoms with E-state index in [1.807, 2.05) is 59.3 Å². The number of carbonyl (C=O) groups is 4. The number of nitrogens with one attached hydrogen (secondary N) is 2. The van der Waals surface area contributed by atoms with Crippen LogP contribution in [0.2, 0.25) is 5.02 Å². The molecule has 0 aliphatic heterocycles. The molecule has 0 aliphatic rings. The summed E-state index contributed by atoms with van der Waals surface area (Å²) in [6.45, 7) is 1.12. The van der Waals surface area contributed by atoms with Crippen LogP contribution in [0, 0.1) is 0 Å². The van der Waals surface area contributed by atoms with Gasteiger partial charge in [0.2, 0.25) is 0 Å². The highest BCUT2D eigenvalue weighted by molar-refractivity contribution is 7.14. The molecule has 0 bridgehead atoms. The summed E-state index contributed by atoms with van der Waals surface area (Å²) >= 11 is 8.94. The zero-order valence-electron chi connectivity index (χ0n) is 32.0. The largest absolute Gasteiger partial charge is 0.490 e. The Morgan fingerprint density at radius 1 is 0.651 bits per heavy atom. The van der Waals surface area contributed by atoms with Crippen LogP contribution in [-0.2, 0) is 22.8 Å². The SMILES string of the molecule is Nc1nc(-c2ccc(OCc3cccc(C(=O)NCCNC(=O)c4ccc(COc5ccc(Cl)cc5-c5csc(N)n5)cc4)c3)cc2)cs1.O=C(O)C(F)(F)F.O=C(O)C(F)(F)F. The van der Waals surface area contributed by atoms with Crippen molar-refractivity contribution in [3.05, 3.63) is 129 Å². The number of carboxylic acid groups (broad SMARTS) is 2. The van der Waals surface area contributed by atoms with E-state index in [0.29, 0.717) is 50.2 Å². The number of rotatable bonds is 13. The second-order valence-corrected chi connectivity index (χ2v) is 14.6. The highest BCUT2D eigenvalue weighted by Gasteiger charge is 2.39. The maximum absolute atomic E-state index is 12.8. The molecule has 8 N–H and O–H groups in total. The van der Waals surface area contributed by atoms with Gasteiger partial charge in [0.15, 0.2) is 10.3 Å². The monoisotopic (exact) mass is 938 g/mol. The summed E-state index contributed by atoms with van der Waals surface area (Å²) in [6.07, 6.45) is -10.2. The first-order valence-corrected chi connectivity index (χ1v) is 19.8. The third-order valence-electron chi connectivity index (χ3n) is 7.80. The van der Waals surface area contributed by atoms with Gasteiger partial charge in [-0.15, -0.1) is 22.7 Å². The summed E-state index contributed by atoms with van der Waals surface area (Å²) in [5.41, 5.74) is 17.5. The Balaban J connectivity index is 0.000000537. The van der Waals surface area contributed by atoms with E-state index < -0.39 is 24.3 Å². The molecule has 6 rings (SSSR count). The van der Waals surface area contributed by atoms with Crippen molar-refractivity contribution in [3.8, 4) is 34.0 Å². The average Bonchev–Trinajstić information content (AvgIpc) is 3.89. The first-order valence-electron chi connectivity index (χ1n) is 17.6. The number of benzene rings is 4. The van der Waals surface area contributed by atoms with E-state index in [9.17, 15) is 35.9 Å². The number of carboxylic acids is 2. The summed E-state index contributed by atoms with van der Waals surface area (Å²) in [7, 11) is 0. The van der Waals surface area contributed by atoms with Crippen LogP contribution < -0.4 is 31.6 Å². The fourth-order valence-corrected chi connectivity index (χ4v) is 6.13. The topological polar surface area (TPSA) is 229 Å². The quantitative estimate of drug-likeness (QED) is 0.0474. The molecule has 2 aromatic heterocycles. The van der Waals surface area contributed by atoms with Gasteiger partial charge in [-0.05, 0) is 77.9 Å². The lowest BCUT2D eigenvalue weighted by Crippen LogP contribution is -2.34. The van der Waals surface area contributed by atoms with Gasteiger partial charge in [0.25, 0.3) is 11.8 Å². The number of anilines is 2. The number of ether oxygens (including phenoxy) is 2. The van der Waals surface area contributed by atoms with E-state index in [1.54, 1.807) is 42.5 Å². The minimum atomic E-state index is -5.08. The number of thiazole rings is 2. The number of nitrogen functional groups attached to an aromatic ring is 2. The molecule has 0 spiro atoms. The second-order valence-electron chi connectivity index (χ2n) is 12.4. The molecule has 4 aromatic carbocycles. The van der Waals surface area contributed by atoms with Crippen molar-refractivity contribution in [1.29, 1.82) is 0 Å². The van der Waals surface area contributed by atoms with Gasteiger partial charge in [-0.3, -0.25) is 9.59 Å². The number of hydrogen-bond acceptors (Lipinski definition) is 12. The highest BCUT2D eigenvalue weighted by atomic mass is 35.5. The van der Waals surface area contributed by atoms with Gasteiger partial charge in [-0.25, -0.2) is 19.6 Å². The number of nitrogens with two attached hydrogens (primary N) is 2. The average molecular weight is 939 g/mol. The Kier molecular flexibility index (Phi) is 17.2. The molecule has 63 heavy (non-hydrogen) atoms. The molecule has 0 radical (unpaired) electrons. The number of amides is 2. The van der Waals surface area contributed by atoms with Gasteiger partial charge >= 0.3 is 24.3 Å². The Hall–Kier alpha value is -6.91. The minimum absolute atomic E-state index is 0.241. The molecule has 0 saturated carbocycles. The lowest BCUT2D eigenvalue weighted by molar-refractivity contribution is -0.193. The van der Waals surface area contributed by atoms with Crippen molar-refractivity contribution in [2.75, 3.05) is 24.6 Å². The van der Waals surface area contributed by atoms with E-state index in [1.165, 1.54) is 22.7 Å². The molecule has 0 atom stereocenters. The zero-order valence-corrected chi connectivity index (χ0v) is 34.4. The molecular formula is C40H33ClF6N6O8S2. The molecule has 23 heteroatoms. The van der Waals surface area contributed by atoms with Gasteiger partial charge in [-0.1, -0.05) is 35.9 Å². The van der Waals surface area contributed by atoms with Crippen LogP contribution in [0.5, 0.6) is 11.5 Å². The van der Waals surface area contributed by atoms with Crippen LogP contribution in [0.25, 0.3) is 22.5 Å². The van der Waals surface area contributed by atoms with Gasteiger partial charge in [0.1, 0.15) is 24.7 Å². The van der Waals surface area contributed by atoms with Crippen LogP contribution in [0.4, 0.5) is 36.6 Å². The van der Waals surface area contributed by atoms with Crippen LogP contribution in [-0.4, -0.2) is 69.4 Å². The third kappa shape index (κ3) is 15.8. The number of aromatic nitrogens is 2. The number of aliphatic carboxylic acids is 2. The van der Waals surface area contributed by atoms with E-state index >= 15 is 0 Å². The van der Waals surface area contributed by atoms with Gasteiger partial charge in [0, 0.05) is 51.1 Å². The van der Waals surface area contributed by atoms with Gasteiger partial charge in [0.05, 0.1) is 11.4 Å². The van der Waals surface area contributed by atoms with Crippen molar-refractivity contribution < 1.29 is 65.2 Å². The molecule has 0 aliphatic carbocycles. The third-order valence-corrected chi connectivity index (χ3v) is 9.38. The lowest BCUT2D eigenvalue weighted by Gasteiger charge is -2.12. The summed E-state index contributed by atoms with van der Waals surface area (Å²) in [5, 5.41) is 25.3. The maximum Gasteiger partial charge on any atom is 0.490 e. The fraction of sp³-hybridized carbons (Fsp3) is 0.150.